The van der Waals surface area contributed by atoms with Gasteiger partial charge in [-0.25, -0.2) is 8.42 Å². The first-order valence-electron chi connectivity index (χ1n) is 9.06. The third kappa shape index (κ3) is 6.36. The molecule has 2 atom stereocenters. The zero-order valence-electron chi connectivity index (χ0n) is 16.2. The van der Waals surface area contributed by atoms with Gasteiger partial charge in [-0.1, -0.05) is 54.6 Å². The molecule has 0 saturated carbocycles. The van der Waals surface area contributed by atoms with E-state index in [9.17, 15) is 31.5 Å². The second-order valence-electron chi connectivity index (χ2n) is 6.81. The molecule has 1 unspecified atom stereocenters. The molecule has 2 aromatic carbocycles. The maximum absolute atomic E-state index is 13.7. The molecule has 0 saturated heterocycles. The highest BCUT2D eigenvalue weighted by Crippen LogP contribution is 2.42. The van der Waals surface area contributed by atoms with Crippen LogP contribution in [0.5, 0.6) is 0 Å². The average Bonchev–Trinajstić information content (AvgIpc) is 2.71. The van der Waals surface area contributed by atoms with Crippen molar-refractivity contribution in [1.29, 1.82) is 0 Å². The molecule has 2 rings (SSSR count). The van der Waals surface area contributed by atoms with Crippen LogP contribution in [0.15, 0.2) is 59.0 Å². The first-order valence-corrected chi connectivity index (χ1v) is 10.7. The lowest BCUT2D eigenvalue weighted by molar-refractivity contribution is -0.267. The zero-order chi connectivity index (χ0) is 23.3. The molecule has 0 amide bonds. The van der Waals surface area contributed by atoms with E-state index in [-0.39, 0.29) is 0 Å². The van der Waals surface area contributed by atoms with Crippen LogP contribution in [0.4, 0.5) is 13.2 Å². The number of hydrogen-bond donors (Lipinski definition) is 3. The number of nitrogens with zero attached hydrogens (tertiary/aromatic N) is 1. The molecule has 0 radical (unpaired) electrons. The summed E-state index contributed by atoms with van der Waals surface area (Å²) >= 11 is 0. The standard InChI is InChI=1S/C20H21F3N2O5S/c21-20(22,23)19(28,11-13-31(29,30)25-12-10-17(24)18(26)27)16-8-6-15(7-9-16)14-4-2-1-3-5-14/h1-9,12,17,28H,10-11,13,24H2,(H,26,27)/t17-,19?/m0/s1. The van der Waals surface area contributed by atoms with Crippen molar-refractivity contribution in [2.24, 2.45) is 10.1 Å². The van der Waals surface area contributed by atoms with E-state index < -0.39 is 58.0 Å². The number of carboxylic acids is 1. The van der Waals surface area contributed by atoms with Gasteiger partial charge < -0.3 is 15.9 Å². The minimum Gasteiger partial charge on any atom is -0.480 e. The summed E-state index contributed by atoms with van der Waals surface area (Å²) in [5.41, 5.74) is 2.67. The maximum Gasteiger partial charge on any atom is 0.421 e. The van der Waals surface area contributed by atoms with Crippen molar-refractivity contribution in [1.82, 2.24) is 0 Å². The minimum atomic E-state index is -5.15. The van der Waals surface area contributed by atoms with Crippen molar-refractivity contribution >= 4 is 22.2 Å². The van der Waals surface area contributed by atoms with E-state index >= 15 is 0 Å². The number of carbonyl (C=O) groups is 1. The third-order valence-corrected chi connectivity index (χ3v) is 5.76. The minimum absolute atomic E-state index is 0.418. The smallest absolute Gasteiger partial charge is 0.421 e. The molecule has 11 heteroatoms. The Morgan fingerprint density at radius 1 is 1.06 bits per heavy atom. The lowest BCUT2D eigenvalue weighted by atomic mass is 9.89. The van der Waals surface area contributed by atoms with Gasteiger partial charge in [-0.3, -0.25) is 4.79 Å². The summed E-state index contributed by atoms with van der Waals surface area (Å²) < 4.78 is 68.1. The fourth-order valence-corrected chi connectivity index (χ4v) is 3.69. The molecule has 4 N–H and O–H groups in total. The summed E-state index contributed by atoms with van der Waals surface area (Å²) in [5, 5.41) is 19.0. The van der Waals surface area contributed by atoms with E-state index in [1.165, 1.54) is 12.1 Å². The Hall–Kier alpha value is -2.76. The van der Waals surface area contributed by atoms with Gasteiger partial charge in [0.05, 0.1) is 5.75 Å². The molecule has 31 heavy (non-hydrogen) atoms. The molecule has 0 aromatic heterocycles. The molecule has 0 bridgehead atoms. The average molecular weight is 458 g/mol. The lowest BCUT2D eigenvalue weighted by Crippen LogP contribution is -2.43. The normalized spacial score (nSPS) is 15.5. The number of alkyl halides is 3. The van der Waals surface area contributed by atoms with Crippen molar-refractivity contribution in [3.8, 4) is 11.1 Å². The van der Waals surface area contributed by atoms with E-state index in [0.717, 1.165) is 23.9 Å². The van der Waals surface area contributed by atoms with Crippen LogP contribution in [0.1, 0.15) is 18.4 Å². The Balaban J connectivity index is 2.21. The summed E-state index contributed by atoms with van der Waals surface area (Å²) in [7, 11) is -4.39. The largest absolute Gasteiger partial charge is 0.480 e. The predicted molar refractivity (Wildman–Crippen MR) is 109 cm³/mol. The second kappa shape index (κ2) is 9.58. The molecule has 7 nitrogen and oxygen atoms in total. The van der Waals surface area contributed by atoms with Gasteiger partial charge in [0.25, 0.3) is 10.0 Å². The first kappa shape index (κ1) is 24.5. The molecule has 168 valence electrons. The molecule has 0 aliphatic carbocycles. The van der Waals surface area contributed by atoms with Crippen LogP contribution in [0.3, 0.4) is 0 Å². The number of aliphatic carboxylic acids is 1. The fourth-order valence-electron chi connectivity index (χ4n) is 2.72. The quantitative estimate of drug-likeness (QED) is 0.496. The van der Waals surface area contributed by atoms with Crippen LogP contribution >= 0.6 is 0 Å². The number of aliphatic hydroxyl groups is 1. The number of rotatable bonds is 9. The number of nitrogens with two attached hydrogens (primary N) is 1. The second-order valence-corrected chi connectivity index (χ2v) is 8.59. The van der Waals surface area contributed by atoms with Crippen LogP contribution in [0.25, 0.3) is 11.1 Å². The number of halogens is 3. The maximum atomic E-state index is 13.7. The molecule has 2 aromatic rings. The Morgan fingerprint density at radius 2 is 1.61 bits per heavy atom. The van der Waals surface area contributed by atoms with Crippen LogP contribution in [-0.2, 0) is 20.4 Å². The highest BCUT2D eigenvalue weighted by Gasteiger charge is 2.55. The number of benzene rings is 2. The van der Waals surface area contributed by atoms with E-state index in [2.05, 4.69) is 4.40 Å². The lowest BCUT2D eigenvalue weighted by Gasteiger charge is -2.31. The van der Waals surface area contributed by atoms with Gasteiger partial charge in [-0.05, 0) is 16.7 Å². The molecular formula is C20H21F3N2O5S. The monoisotopic (exact) mass is 458 g/mol. The van der Waals surface area contributed by atoms with E-state index in [1.807, 2.05) is 0 Å². The van der Waals surface area contributed by atoms with Gasteiger partial charge in [-0.15, -0.1) is 0 Å². The van der Waals surface area contributed by atoms with E-state index in [4.69, 9.17) is 10.8 Å². The van der Waals surface area contributed by atoms with E-state index in [0.29, 0.717) is 5.56 Å². The molecule has 0 heterocycles. The van der Waals surface area contributed by atoms with Crippen LogP contribution < -0.4 is 5.73 Å². The van der Waals surface area contributed by atoms with Crippen molar-refractivity contribution < 1.29 is 36.6 Å². The van der Waals surface area contributed by atoms with Gasteiger partial charge in [0.15, 0.2) is 5.60 Å². The highest BCUT2D eigenvalue weighted by molar-refractivity contribution is 7.90. The van der Waals surface area contributed by atoms with Crippen LogP contribution in [-0.4, -0.2) is 48.8 Å². The van der Waals surface area contributed by atoms with Crippen molar-refractivity contribution in [3.05, 3.63) is 60.2 Å². The van der Waals surface area contributed by atoms with Crippen LogP contribution in [0.2, 0.25) is 0 Å². The highest BCUT2D eigenvalue weighted by atomic mass is 32.2. The summed E-state index contributed by atoms with van der Waals surface area (Å²) in [5.74, 6) is -2.49. The zero-order valence-corrected chi connectivity index (χ0v) is 17.0. The van der Waals surface area contributed by atoms with Gasteiger partial charge in [0.1, 0.15) is 6.04 Å². The number of carboxylic acid groups (broad SMARTS) is 1. The Morgan fingerprint density at radius 3 is 2.13 bits per heavy atom. The molecule has 0 spiro atoms. The molecule has 0 fully saturated rings. The van der Waals surface area contributed by atoms with E-state index in [1.54, 1.807) is 30.3 Å². The topological polar surface area (TPSA) is 130 Å². The predicted octanol–water partition coefficient (Wildman–Crippen LogP) is 2.70. The SMILES string of the molecule is N[C@@H](CC=NS(=O)(=O)CCC(O)(c1ccc(-c2ccccc2)cc1)C(F)(F)F)C(=O)O. The summed E-state index contributed by atoms with van der Waals surface area (Å²) in [6.07, 6.45) is -6.04. The number of hydrogen-bond acceptors (Lipinski definition) is 5. The Kier molecular flexibility index (Phi) is 7.58. The molecule has 0 aliphatic heterocycles. The van der Waals surface area contributed by atoms with Crippen LogP contribution in [0, 0.1) is 0 Å². The van der Waals surface area contributed by atoms with Gasteiger partial charge in [-0.2, -0.15) is 17.6 Å². The fraction of sp³-hybridized carbons (Fsp3) is 0.300. The number of sulfonamides is 1. The third-order valence-electron chi connectivity index (χ3n) is 4.57. The Labute approximate surface area is 177 Å². The van der Waals surface area contributed by atoms with Crippen molar-refractivity contribution in [2.75, 3.05) is 5.75 Å². The summed E-state index contributed by atoms with van der Waals surface area (Å²) in [6, 6.07) is 12.5. The molecular weight excluding hydrogens is 437 g/mol. The Bertz CT molecular complexity index is 1030. The summed E-state index contributed by atoms with van der Waals surface area (Å²) in [6.45, 7) is 0. The molecule has 0 aliphatic rings. The van der Waals surface area contributed by atoms with Gasteiger partial charge in [0.2, 0.25) is 0 Å². The van der Waals surface area contributed by atoms with Crippen molar-refractivity contribution in [2.45, 2.75) is 30.7 Å². The van der Waals surface area contributed by atoms with Gasteiger partial charge in [0, 0.05) is 19.1 Å². The summed E-state index contributed by atoms with van der Waals surface area (Å²) in [4.78, 5) is 10.6. The van der Waals surface area contributed by atoms with Gasteiger partial charge >= 0.3 is 12.1 Å². The van der Waals surface area contributed by atoms with Crippen molar-refractivity contribution in [3.63, 3.8) is 0 Å². The first-order chi connectivity index (χ1) is 14.4.